The van der Waals surface area contributed by atoms with Gasteiger partial charge in [0.25, 0.3) is 0 Å². The number of carbonyl (C=O) groups is 1. The van der Waals surface area contributed by atoms with Gasteiger partial charge >= 0.3 is 0 Å². The summed E-state index contributed by atoms with van der Waals surface area (Å²) in [5, 5.41) is 0. The van der Waals surface area contributed by atoms with Gasteiger partial charge < -0.3 is 0 Å². The van der Waals surface area contributed by atoms with Crippen molar-refractivity contribution in [2.45, 2.75) is 65.2 Å². The molecule has 0 aromatic heterocycles. The molecule has 1 heteroatoms. The maximum Gasteiger partial charge on any atom is 0.140 e. The molecular formula is C23H28O. The number of benzene rings is 1. The number of hydrogen-bond acceptors (Lipinski definition) is 1. The largest absolute Gasteiger partial charge is 0.299 e. The van der Waals surface area contributed by atoms with Crippen molar-refractivity contribution in [3.8, 4) is 0 Å². The molecule has 1 unspecified atom stereocenters. The number of fused-ring (bicyclic) bond motifs is 3. The van der Waals surface area contributed by atoms with E-state index < -0.39 is 0 Å². The highest BCUT2D eigenvalue weighted by atomic mass is 16.1. The fourth-order valence-corrected chi connectivity index (χ4v) is 7.49. The average molecular weight is 320 g/mol. The Morgan fingerprint density at radius 2 is 1.96 bits per heavy atom. The van der Waals surface area contributed by atoms with E-state index in [1.165, 1.54) is 37.7 Å². The van der Waals surface area contributed by atoms with Crippen LogP contribution in [0.5, 0.6) is 0 Å². The Balaban J connectivity index is 1.64. The lowest BCUT2D eigenvalue weighted by atomic mass is 9.46. The van der Waals surface area contributed by atoms with Crippen molar-refractivity contribution < 1.29 is 4.79 Å². The summed E-state index contributed by atoms with van der Waals surface area (Å²) in [5.41, 5.74) is 4.87. The van der Waals surface area contributed by atoms with Crippen molar-refractivity contribution in [2.24, 2.45) is 22.2 Å². The van der Waals surface area contributed by atoms with Crippen LogP contribution in [-0.4, -0.2) is 5.78 Å². The van der Waals surface area contributed by atoms with Crippen LogP contribution in [0.1, 0.15) is 68.6 Å². The van der Waals surface area contributed by atoms with Crippen molar-refractivity contribution >= 4 is 5.78 Å². The number of rotatable bonds is 1. The quantitative estimate of drug-likeness (QED) is 0.636. The van der Waals surface area contributed by atoms with E-state index in [-0.39, 0.29) is 16.2 Å². The van der Waals surface area contributed by atoms with Crippen LogP contribution >= 0.6 is 0 Å². The lowest BCUT2D eigenvalue weighted by molar-refractivity contribution is -0.133. The first kappa shape index (κ1) is 14.9. The molecule has 126 valence electrons. The van der Waals surface area contributed by atoms with Gasteiger partial charge in [-0.05, 0) is 86.2 Å². The van der Waals surface area contributed by atoms with Gasteiger partial charge in [-0.1, -0.05) is 42.8 Å². The Bertz CT molecular complexity index is 774. The predicted molar refractivity (Wildman–Crippen MR) is 97.0 cm³/mol. The summed E-state index contributed by atoms with van der Waals surface area (Å²) in [6.07, 6.45) is 12.1. The fourth-order valence-electron chi connectivity index (χ4n) is 7.49. The second kappa shape index (κ2) is 4.42. The molecule has 1 aromatic carbocycles. The molecule has 2 bridgehead atoms. The van der Waals surface area contributed by atoms with Crippen LogP contribution in [0.15, 0.2) is 30.4 Å². The predicted octanol–water partition coefficient (Wildman–Crippen LogP) is 5.37. The van der Waals surface area contributed by atoms with Gasteiger partial charge in [-0.25, -0.2) is 0 Å². The van der Waals surface area contributed by atoms with E-state index in [1.54, 1.807) is 11.1 Å². The van der Waals surface area contributed by atoms with Crippen LogP contribution in [0, 0.1) is 29.1 Å². The molecule has 2 saturated carbocycles. The molecule has 24 heavy (non-hydrogen) atoms. The minimum atomic E-state index is -0.162. The second-order valence-electron chi connectivity index (χ2n) is 9.23. The zero-order valence-corrected chi connectivity index (χ0v) is 15.2. The lowest BCUT2D eigenvalue weighted by Gasteiger charge is -2.57. The number of hydrogen-bond donors (Lipinski definition) is 0. The van der Waals surface area contributed by atoms with Gasteiger partial charge in [0.1, 0.15) is 5.78 Å². The summed E-state index contributed by atoms with van der Waals surface area (Å²) in [7, 11) is 0. The summed E-state index contributed by atoms with van der Waals surface area (Å²) in [6.45, 7) is 6.51. The van der Waals surface area contributed by atoms with E-state index in [1.807, 2.05) is 6.92 Å². The number of allylic oxidation sites excluding steroid dienone is 2. The van der Waals surface area contributed by atoms with E-state index >= 15 is 0 Å². The number of ketones is 1. The third kappa shape index (κ3) is 1.43. The summed E-state index contributed by atoms with van der Waals surface area (Å²) >= 11 is 0. The maximum atomic E-state index is 12.6. The molecule has 0 aliphatic heterocycles. The van der Waals surface area contributed by atoms with Crippen LogP contribution in [-0.2, 0) is 11.2 Å². The zero-order valence-electron chi connectivity index (χ0n) is 15.2. The molecule has 4 aliphatic rings. The molecular weight excluding hydrogens is 292 g/mol. The zero-order chi connectivity index (χ0) is 16.7. The summed E-state index contributed by atoms with van der Waals surface area (Å²) in [6, 6.07) is 7.10. The molecule has 0 spiro atoms. The van der Waals surface area contributed by atoms with Gasteiger partial charge in [-0.15, -0.1) is 0 Å². The van der Waals surface area contributed by atoms with Gasteiger partial charge in [-0.2, -0.15) is 0 Å². The molecule has 1 aromatic rings. The first-order valence-corrected chi connectivity index (χ1v) is 9.74. The third-order valence-electron chi connectivity index (χ3n) is 8.77. The maximum absolute atomic E-state index is 12.6. The van der Waals surface area contributed by atoms with E-state index in [9.17, 15) is 4.79 Å². The van der Waals surface area contributed by atoms with E-state index in [2.05, 4.69) is 44.2 Å². The smallest absolute Gasteiger partial charge is 0.140 e. The van der Waals surface area contributed by atoms with Crippen LogP contribution in [0.25, 0.3) is 0 Å². The van der Waals surface area contributed by atoms with Gasteiger partial charge in [0.05, 0.1) is 5.41 Å². The van der Waals surface area contributed by atoms with Crippen LogP contribution < -0.4 is 0 Å². The minimum Gasteiger partial charge on any atom is -0.299 e. The van der Waals surface area contributed by atoms with E-state index in [0.29, 0.717) is 11.7 Å². The van der Waals surface area contributed by atoms with Gasteiger partial charge in [-0.3, -0.25) is 4.79 Å². The second-order valence-corrected chi connectivity index (χ2v) is 9.23. The monoisotopic (exact) mass is 320 g/mol. The first-order valence-electron chi connectivity index (χ1n) is 9.74. The lowest BCUT2D eigenvalue weighted by Crippen LogP contribution is -2.51. The Hall–Kier alpha value is -1.37. The van der Waals surface area contributed by atoms with Gasteiger partial charge in [0, 0.05) is 0 Å². The van der Waals surface area contributed by atoms with Gasteiger partial charge in [0.15, 0.2) is 0 Å². The van der Waals surface area contributed by atoms with Crippen molar-refractivity contribution in [3.05, 3.63) is 47.0 Å². The minimum absolute atomic E-state index is 0.161. The van der Waals surface area contributed by atoms with Crippen molar-refractivity contribution in [1.82, 2.24) is 0 Å². The Labute approximate surface area is 145 Å². The molecule has 0 saturated heterocycles. The first-order chi connectivity index (χ1) is 11.4. The highest BCUT2D eigenvalue weighted by Gasteiger charge is 2.72. The SMILES string of the molecule is CC(=O)[C@@]12C=CC3(CC1)[C@@H]1CCc4ccc(C)cc4[C@H]1CC[C@@]32C. The Morgan fingerprint density at radius 3 is 2.67 bits per heavy atom. The summed E-state index contributed by atoms with van der Waals surface area (Å²) < 4.78 is 0. The summed E-state index contributed by atoms with van der Waals surface area (Å²) in [5.74, 6) is 1.84. The molecule has 1 nitrogen and oxygen atoms in total. The van der Waals surface area contributed by atoms with Crippen LogP contribution in [0.4, 0.5) is 0 Å². The molecule has 4 aliphatic carbocycles. The number of carbonyl (C=O) groups excluding carboxylic acids is 1. The van der Waals surface area contributed by atoms with Crippen LogP contribution in [0.3, 0.4) is 0 Å². The van der Waals surface area contributed by atoms with Crippen LogP contribution in [0.2, 0.25) is 0 Å². The van der Waals surface area contributed by atoms with E-state index in [0.717, 1.165) is 12.3 Å². The number of Topliss-reactive ketones (excluding diaryl/α,β-unsaturated/α-hetero) is 1. The van der Waals surface area contributed by atoms with E-state index in [4.69, 9.17) is 0 Å². The molecule has 2 fully saturated rings. The molecule has 0 heterocycles. The molecule has 0 radical (unpaired) electrons. The van der Waals surface area contributed by atoms with Crippen molar-refractivity contribution in [1.29, 1.82) is 0 Å². The molecule has 5 atom stereocenters. The molecule has 0 N–H and O–H groups in total. The Morgan fingerprint density at radius 1 is 1.12 bits per heavy atom. The Kier molecular flexibility index (Phi) is 2.75. The van der Waals surface area contributed by atoms with Gasteiger partial charge in [0.2, 0.25) is 0 Å². The topological polar surface area (TPSA) is 17.1 Å². The molecule has 5 rings (SSSR count). The van der Waals surface area contributed by atoms with Crippen molar-refractivity contribution in [3.63, 3.8) is 0 Å². The molecule has 0 amide bonds. The third-order valence-corrected chi connectivity index (χ3v) is 8.77. The standard InChI is InChI=1S/C23H28O/c1-15-4-5-17-6-7-20-18(19(17)14-15)8-9-21(3)22(16(2)24)10-12-23(20,21)13-11-22/h4-5,10,12,14,18,20H,6-9,11,13H2,1-3H3/t18-,20-,21-,22-,23?/m1/s1. The van der Waals surface area contributed by atoms with Crippen molar-refractivity contribution in [2.75, 3.05) is 0 Å². The number of aryl methyl sites for hydroxylation is 2. The normalized spacial score (nSPS) is 44.8. The fraction of sp³-hybridized carbons (Fsp3) is 0.609. The average Bonchev–Trinajstić information content (AvgIpc) is 3.00. The highest BCUT2D eigenvalue weighted by Crippen LogP contribution is 2.78. The summed E-state index contributed by atoms with van der Waals surface area (Å²) in [4.78, 5) is 12.6. The highest BCUT2D eigenvalue weighted by molar-refractivity contribution is 5.87.